The molecule has 7 nitrogen and oxygen atoms in total. The lowest BCUT2D eigenvalue weighted by Crippen LogP contribution is -2.47. The molecular formula is C20H23F3N6OS. The van der Waals surface area contributed by atoms with Gasteiger partial charge in [0.15, 0.2) is 0 Å². The van der Waals surface area contributed by atoms with E-state index >= 15 is 0 Å². The van der Waals surface area contributed by atoms with Gasteiger partial charge in [-0.25, -0.2) is 14.8 Å². The topological polar surface area (TPSA) is 64.6 Å². The second kappa shape index (κ2) is 9.31. The highest BCUT2D eigenvalue weighted by Crippen LogP contribution is 2.39. The summed E-state index contributed by atoms with van der Waals surface area (Å²) in [4.78, 5) is 25.8. The lowest BCUT2D eigenvalue weighted by molar-refractivity contribution is -0.137. The fraction of sp³-hybridized carbons (Fsp3) is 0.450. The molecule has 0 saturated carbocycles. The van der Waals surface area contributed by atoms with Crippen molar-refractivity contribution in [2.45, 2.75) is 23.9 Å². The number of nitrogens with one attached hydrogen (secondary N) is 1. The van der Waals surface area contributed by atoms with Gasteiger partial charge in [-0.2, -0.15) is 13.2 Å². The number of carbonyl (C=O) groups excluding carboxylic acids is 1. The third-order valence-corrected chi connectivity index (χ3v) is 6.38. The minimum atomic E-state index is -4.40. The summed E-state index contributed by atoms with van der Waals surface area (Å²) in [5, 5.41) is 2.67. The third kappa shape index (κ3) is 5.40. The summed E-state index contributed by atoms with van der Waals surface area (Å²) in [6, 6.07) is 4.88. The first kappa shape index (κ1) is 21.7. The Morgan fingerprint density at radius 1 is 1.03 bits per heavy atom. The van der Waals surface area contributed by atoms with Crippen LogP contribution < -0.4 is 10.2 Å². The van der Waals surface area contributed by atoms with Gasteiger partial charge in [0.2, 0.25) is 5.95 Å². The predicted molar refractivity (Wildman–Crippen MR) is 113 cm³/mol. The average molecular weight is 453 g/mol. The summed E-state index contributed by atoms with van der Waals surface area (Å²) >= 11 is 1.07. The number of piperazine rings is 1. The van der Waals surface area contributed by atoms with Crippen molar-refractivity contribution in [3.05, 3.63) is 42.2 Å². The molecule has 1 fully saturated rings. The van der Waals surface area contributed by atoms with Crippen molar-refractivity contribution in [3.8, 4) is 0 Å². The van der Waals surface area contributed by atoms with Crippen LogP contribution in [-0.4, -0.2) is 64.5 Å². The van der Waals surface area contributed by atoms with Crippen molar-refractivity contribution < 1.29 is 18.0 Å². The van der Waals surface area contributed by atoms with Crippen molar-refractivity contribution in [1.82, 2.24) is 19.2 Å². The van der Waals surface area contributed by atoms with E-state index in [0.29, 0.717) is 17.1 Å². The Balaban J connectivity index is 1.21. The molecule has 0 bridgehead atoms. The fourth-order valence-corrected chi connectivity index (χ4v) is 4.56. The van der Waals surface area contributed by atoms with Crippen molar-refractivity contribution in [2.24, 2.45) is 0 Å². The van der Waals surface area contributed by atoms with Crippen LogP contribution in [0.25, 0.3) is 0 Å². The molecule has 0 unspecified atom stereocenters. The molecule has 0 radical (unpaired) electrons. The molecular weight excluding hydrogens is 429 g/mol. The maximum absolute atomic E-state index is 13.0. The van der Waals surface area contributed by atoms with E-state index in [0.717, 1.165) is 75.6 Å². The number of aromatic nitrogens is 2. The number of hydrogen-bond acceptors (Lipinski definition) is 6. The normalized spacial score (nSPS) is 17.5. The molecule has 2 aliphatic heterocycles. The Kier molecular flexibility index (Phi) is 6.51. The molecule has 1 aromatic carbocycles. The molecule has 1 N–H and O–H groups in total. The fourth-order valence-electron chi connectivity index (χ4n) is 3.58. The van der Waals surface area contributed by atoms with Crippen LogP contribution in [0.5, 0.6) is 0 Å². The van der Waals surface area contributed by atoms with Crippen LogP contribution in [0.3, 0.4) is 0 Å². The molecule has 1 saturated heterocycles. The minimum Gasteiger partial charge on any atom is -0.338 e. The van der Waals surface area contributed by atoms with Crippen LogP contribution in [0.2, 0.25) is 0 Å². The quantitative estimate of drug-likeness (QED) is 0.529. The number of amides is 2. The molecule has 2 aromatic rings. The lowest BCUT2D eigenvalue weighted by atomic mass is 10.2. The first-order chi connectivity index (χ1) is 14.9. The van der Waals surface area contributed by atoms with Gasteiger partial charge in [-0.3, -0.25) is 9.21 Å². The van der Waals surface area contributed by atoms with Crippen molar-refractivity contribution in [1.29, 1.82) is 0 Å². The number of carbonyl (C=O) groups is 1. The number of nitrogens with zero attached hydrogens (tertiary/aromatic N) is 5. The van der Waals surface area contributed by atoms with E-state index in [1.165, 1.54) is 10.4 Å². The van der Waals surface area contributed by atoms with Gasteiger partial charge in [-0.15, -0.1) is 0 Å². The predicted octanol–water partition coefficient (Wildman–Crippen LogP) is 3.95. The maximum atomic E-state index is 13.0. The molecule has 166 valence electrons. The maximum Gasteiger partial charge on any atom is 0.416 e. The van der Waals surface area contributed by atoms with E-state index in [9.17, 15) is 18.0 Å². The molecule has 2 aliphatic rings. The molecule has 3 heterocycles. The van der Waals surface area contributed by atoms with Crippen LogP contribution in [0.15, 0.2) is 41.6 Å². The second-order valence-electron chi connectivity index (χ2n) is 7.42. The van der Waals surface area contributed by atoms with Gasteiger partial charge in [0.05, 0.1) is 16.1 Å². The van der Waals surface area contributed by atoms with E-state index in [-0.39, 0.29) is 6.03 Å². The zero-order valence-electron chi connectivity index (χ0n) is 16.8. The van der Waals surface area contributed by atoms with Crippen LogP contribution in [-0.2, 0) is 6.18 Å². The van der Waals surface area contributed by atoms with Gasteiger partial charge < -0.3 is 10.2 Å². The van der Waals surface area contributed by atoms with Gasteiger partial charge in [-0.1, -0.05) is 0 Å². The molecule has 31 heavy (non-hydrogen) atoms. The summed E-state index contributed by atoms with van der Waals surface area (Å²) in [7, 11) is 0. The van der Waals surface area contributed by atoms with E-state index in [2.05, 4.69) is 25.1 Å². The first-order valence-corrected chi connectivity index (χ1v) is 10.9. The number of unbranched alkanes of at least 4 members (excludes halogenated alkanes) is 1. The molecule has 0 spiro atoms. The third-order valence-electron chi connectivity index (χ3n) is 5.28. The number of fused-ring (bicyclic) bond motifs is 1. The van der Waals surface area contributed by atoms with E-state index in [1.807, 2.05) is 0 Å². The van der Waals surface area contributed by atoms with E-state index < -0.39 is 11.7 Å². The molecule has 2 amide bonds. The van der Waals surface area contributed by atoms with Crippen LogP contribution in [0, 0.1) is 0 Å². The highest BCUT2D eigenvalue weighted by atomic mass is 32.2. The van der Waals surface area contributed by atoms with E-state index in [4.69, 9.17) is 0 Å². The number of urea groups is 1. The molecule has 4 rings (SSSR count). The zero-order chi connectivity index (χ0) is 21.8. The monoisotopic (exact) mass is 452 g/mol. The summed E-state index contributed by atoms with van der Waals surface area (Å²) < 4.78 is 40.4. The van der Waals surface area contributed by atoms with Gasteiger partial charge in [0, 0.05) is 45.1 Å². The summed E-state index contributed by atoms with van der Waals surface area (Å²) in [5.41, 5.74) is -0.297. The molecule has 0 atom stereocenters. The Bertz CT molecular complexity index is 906. The lowest BCUT2D eigenvalue weighted by Gasteiger charge is -2.34. The number of hydrogen-bond donors (Lipinski definition) is 1. The number of rotatable bonds is 6. The van der Waals surface area contributed by atoms with Crippen LogP contribution in [0.4, 0.5) is 29.6 Å². The average Bonchev–Trinajstić information content (AvgIpc) is 2.77. The number of anilines is 2. The van der Waals surface area contributed by atoms with Crippen molar-refractivity contribution in [3.63, 3.8) is 0 Å². The number of benzene rings is 1. The highest BCUT2D eigenvalue weighted by Gasteiger charge is 2.33. The first-order valence-electron chi connectivity index (χ1n) is 10.1. The summed E-state index contributed by atoms with van der Waals surface area (Å²) in [5.74, 6) is 0.754. The highest BCUT2D eigenvalue weighted by molar-refractivity contribution is 7.97. The zero-order valence-corrected chi connectivity index (χ0v) is 17.6. The molecule has 0 aliphatic carbocycles. The van der Waals surface area contributed by atoms with Crippen LogP contribution >= 0.6 is 11.9 Å². The standard InChI is InChI=1S/C20H23F3N6OS/c21-20(22,23)15-4-5-16-17(14-15)31-29(19(30)26-16)9-2-1-8-27-10-12-28(13-11-27)18-24-6-3-7-25-18/h3-7,14H,1-2,8-13H2,(H,26,30). The minimum absolute atomic E-state index is 0.297. The SMILES string of the molecule is O=C1Nc2ccc(C(F)(F)F)cc2SN1CCCCN1CCN(c2ncccn2)CC1. The molecule has 1 aromatic heterocycles. The Hall–Kier alpha value is -2.53. The van der Waals surface area contributed by atoms with Crippen molar-refractivity contribution >= 4 is 29.6 Å². The largest absolute Gasteiger partial charge is 0.416 e. The van der Waals surface area contributed by atoms with Gasteiger partial charge in [0.25, 0.3) is 0 Å². The summed E-state index contributed by atoms with van der Waals surface area (Å²) in [6.45, 7) is 4.97. The van der Waals surface area contributed by atoms with Gasteiger partial charge >= 0.3 is 12.2 Å². The van der Waals surface area contributed by atoms with Crippen LogP contribution in [0.1, 0.15) is 18.4 Å². The van der Waals surface area contributed by atoms with Gasteiger partial charge in [0.1, 0.15) is 0 Å². The molecule has 11 heteroatoms. The number of alkyl halides is 3. The smallest absolute Gasteiger partial charge is 0.338 e. The summed E-state index contributed by atoms with van der Waals surface area (Å²) in [6.07, 6.45) is 0.758. The van der Waals surface area contributed by atoms with E-state index in [1.54, 1.807) is 18.5 Å². The Morgan fingerprint density at radius 3 is 2.45 bits per heavy atom. The number of halogens is 3. The van der Waals surface area contributed by atoms with Crippen molar-refractivity contribution in [2.75, 3.05) is 49.5 Å². The Labute approximate surface area is 182 Å². The Morgan fingerprint density at radius 2 is 1.74 bits per heavy atom. The second-order valence-corrected chi connectivity index (χ2v) is 8.48. The van der Waals surface area contributed by atoms with Gasteiger partial charge in [-0.05, 0) is 55.6 Å².